The Bertz CT molecular complexity index is 1010. The summed E-state index contributed by atoms with van der Waals surface area (Å²) in [6.07, 6.45) is 1.65. The number of hydrogen-bond donors (Lipinski definition) is 1. The molecule has 0 atom stereocenters. The number of halogens is 1. The monoisotopic (exact) mass is 350 g/mol. The topological polar surface area (TPSA) is 71.7 Å². The van der Waals surface area contributed by atoms with Gasteiger partial charge in [-0.15, -0.1) is 15.7 Å². The van der Waals surface area contributed by atoms with Crippen molar-refractivity contribution in [2.45, 2.75) is 4.90 Å². The van der Waals surface area contributed by atoms with Crippen LogP contribution in [0, 0.1) is 5.82 Å². The molecule has 0 saturated carbocycles. The zero-order valence-electron chi connectivity index (χ0n) is 11.6. The maximum Gasteiger partial charge on any atom is 0.285 e. The zero-order chi connectivity index (χ0) is 16.4. The Hall–Kier alpha value is -2.45. The molecule has 2 aromatic carbocycles. The number of thiazole rings is 1. The second-order valence-corrected chi connectivity index (χ2v) is 7.07. The molecule has 0 aliphatic rings. The molecule has 0 aliphatic heterocycles. The summed E-state index contributed by atoms with van der Waals surface area (Å²) in [5.41, 5.74) is 0.583. The first-order valence-corrected chi connectivity index (χ1v) is 8.80. The van der Waals surface area contributed by atoms with E-state index in [4.69, 9.17) is 0 Å². The normalized spacial score (nSPS) is 12.5. The Balaban J connectivity index is 2.11. The molecular formula is C15H11FN2O3S2. The van der Waals surface area contributed by atoms with E-state index in [1.807, 2.05) is 0 Å². The molecule has 0 radical (unpaired) electrons. The highest BCUT2D eigenvalue weighted by atomic mass is 32.2. The van der Waals surface area contributed by atoms with Crippen LogP contribution in [0.3, 0.4) is 0 Å². The van der Waals surface area contributed by atoms with Gasteiger partial charge in [0.15, 0.2) is 0 Å². The van der Waals surface area contributed by atoms with Crippen molar-refractivity contribution >= 4 is 21.4 Å². The highest BCUT2D eigenvalue weighted by Crippen LogP contribution is 2.16. The van der Waals surface area contributed by atoms with E-state index in [2.05, 4.69) is 4.40 Å². The van der Waals surface area contributed by atoms with Gasteiger partial charge in [-0.25, -0.2) is 4.39 Å². The van der Waals surface area contributed by atoms with E-state index in [-0.39, 0.29) is 15.4 Å². The van der Waals surface area contributed by atoms with Gasteiger partial charge < -0.3 is 5.11 Å². The van der Waals surface area contributed by atoms with Gasteiger partial charge in [0.1, 0.15) is 11.6 Å². The third-order valence-electron chi connectivity index (χ3n) is 3.01. The van der Waals surface area contributed by atoms with Crippen molar-refractivity contribution in [2.24, 2.45) is 4.40 Å². The molecule has 3 rings (SSSR count). The molecule has 1 heterocycles. The minimum absolute atomic E-state index is 0.0635. The number of aromatic nitrogens is 1. The predicted octanol–water partition coefficient (Wildman–Crippen LogP) is 2.67. The lowest BCUT2D eigenvalue weighted by Gasteiger charge is -2.03. The number of sulfonamides is 1. The molecule has 0 unspecified atom stereocenters. The SMILES string of the molecule is O=S(=O)(/N=c1/sccn1-c1cccc(O)c1)c1ccc(F)cc1. The molecule has 8 heteroatoms. The minimum Gasteiger partial charge on any atom is -0.508 e. The van der Waals surface area contributed by atoms with Crippen LogP contribution in [0.2, 0.25) is 0 Å². The molecule has 23 heavy (non-hydrogen) atoms. The number of phenolic OH excluding ortho intramolecular Hbond substituents is 1. The predicted molar refractivity (Wildman–Crippen MR) is 84.5 cm³/mol. The van der Waals surface area contributed by atoms with E-state index >= 15 is 0 Å². The molecule has 0 aliphatic carbocycles. The van der Waals surface area contributed by atoms with Gasteiger partial charge in [0, 0.05) is 17.6 Å². The van der Waals surface area contributed by atoms with Crippen molar-refractivity contribution in [2.75, 3.05) is 0 Å². The van der Waals surface area contributed by atoms with E-state index in [0.717, 1.165) is 23.5 Å². The van der Waals surface area contributed by atoms with Crippen molar-refractivity contribution < 1.29 is 17.9 Å². The molecule has 0 amide bonds. The fourth-order valence-corrected chi connectivity index (χ4v) is 3.87. The third-order valence-corrected chi connectivity index (χ3v) is 5.16. The van der Waals surface area contributed by atoms with Crippen molar-refractivity contribution in [1.29, 1.82) is 0 Å². The van der Waals surface area contributed by atoms with E-state index in [1.54, 1.807) is 28.3 Å². The summed E-state index contributed by atoms with van der Waals surface area (Å²) in [6, 6.07) is 10.9. The molecule has 5 nitrogen and oxygen atoms in total. The van der Waals surface area contributed by atoms with Crippen LogP contribution in [0.4, 0.5) is 4.39 Å². The minimum atomic E-state index is -3.96. The van der Waals surface area contributed by atoms with Gasteiger partial charge in [0.25, 0.3) is 10.0 Å². The van der Waals surface area contributed by atoms with E-state index in [0.29, 0.717) is 5.69 Å². The van der Waals surface area contributed by atoms with Crippen LogP contribution in [0.15, 0.2) is 69.4 Å². The second kappa shape index (κ2) is 5.98. The van der Waals surface area contributed by atoms with Gasteiger partial charge in [-0.05, 0) is 36.4 Å². The Labute approximate surface area is 135 Å². The van der Waals surface area contributed by atoms with Crippen LogP contribution in [-0.4, -0.2) is 18.1 Å². The van der Waals surface area contributed by atoms with E-state index < -0.39 is 15.8 Å². The Morgan fingerprint density at radius 1 is 1.13 bits per heavy atom. The molecule has 118 valence electrons. The number of benzene rings is 2. The quantitative estimate of drug-likeness (QED) is 0.789. The highest BCUT2D eigenvalue weighted by Gasteiger charge is 2.13. The second-order valence-electron chi connectivity index (χ2n) is 4.60. The highest BCUT2D eigenvalue weighted by molar-refractivity contribution is 7.90. The largest absolute Gasteiger partial charge is 0.508 e. The van der Waals surface area contributed by atoms with Crippen LogP contribution in [0.1, 0.15) is 0 Å². The average Bonchev–Trinajstić information content (AvgIpc) is 2.95. The Morgan fingerprint density at radius 2 is 1.87 bits per heavy atom. The average molecular weight is 350 g/mol. The van der Waals surface area contributed by atoms with Gasteiger partial charge in [0.2, 0.25) is 4.80 Å². The molecule has 1 N–H and O–H groups in total. The first-order valence-electron chi connectivity index (χ1n) is 6.48. The third kappa shape index (κ3) is 3.33. The summed E-state index contributed by atoms with van der Waals surface area (Å²) in [5.74, 6) is -0.455. The number of nitrogens with zero attached hydrogens (tertiary/aromatic N) is 2. The lowest BCUT2D eigenvalue weighted by molar-refractivity contribution is 0.475. The summed E-state index contributed by atoms with van der Waals surface area (Å²) in [5, 5.41) is 11.2. The van der Waals surface area contributed by atoms with E-state index in [9.17, 15) is 17.9 Å². The van der Waals surface area contributed by atoms with Gasteiger partial charge in [0.05, 0.1) is 10.6 Å². The zero-order valence-corrected chi connectivity index (χ0v) is 13.3. The van der Waals surface area contributed by atoms with Crippen molar-refractivity contribution in [1.82, 2.24) is 4.57 Å². The van der Waals surface area contributed by atoms with Crippen molar-refractivity contribution in [3.63, 3.8) is 0 Å². The number of rotatable bonds is 3. The van der Waals surface area contributed by atoms with E-state index in [1.165, 1.54) is 24.3 Å². The van der Waals surface area contributed by atoms with Crippen LogP contribution in [0.25, 0.3) is 5.69 Å². The van der Waals surface area contributed by atoms with Crippen molar-refractivity contribution in [3.8, 4) is 11.4 Å². The van der Waals surface area contributed by atoms with Crippen molar-refractivity contribution in [3.05, 3.63) is 70.7 Å². The van der Waals surface area contributed by atoms with Gasteiger partial charge >= 0.3 is 0 Å². The molecule has 0 spiro atoms. The number of hydrogen-bond acceptors (Lipinski definition) is 4. The maximum absolute atomic E-state index is 12.9. The molecular weight excluding hydrogens is 339 g/mol. The number of aromatic hydroxyl groups is 1. The standard InChI is InChI=1S/C15H11FN2O3S2/c16-11-4-6-14(7-5-11)23(20,21)17-15-18(8-9-22-15)12-2-1-3-13(19)10-12/h1-10,19H/b17-15+. The first-order chi connectivity index (χ1) is 11.0. The summed E-state index contributed by atoms with van der Waals surface area (Å²) in [7, 11) is -3.96. The lowest BCUT2D eigenvalue weighted by atomic mass is 10.3. The summed E-state index contributed by atoms with van der Waals surface area (Å²) in [4.78, 5) is 0.134. The Morgan fingerprint density at radius 3 is 2.57 bits per heavy atom. The molecule has 0 fully saturated rings. The first kappa shape index (κ1) is 15.4. The smallest absolute Gasteiger partial charge is 0.285 e. The maximum atomic E-state index is 12.9. The fraction of sp³-hybridized carbons (Fsp3) is 0. The van der Waals surface area contributed by atoms with Gasteiger partial charge in [-0.2, -0.15) is 8.42 Å². The molecule has 3 aromatic rings. The fourth-order valence-electron chi connectivity index (χ4n) is 1.94. The molecule has 1 aromatic heterocycles. The lowest BCUT2D eigenvalue weighted by Crippen LogP contribution is -2.14. The van der Waals surface area contributed by atoms with Crippen LogP contribution in [-0.2, 0) is 10.0 Å². The summed E-state index contributed by atoms with van der Waals surface area (Å²) in [6.45, 7) is 0. The molecule has 0 saturated heterocycles. The van der Waals surface area contributed by atoms with Gasteiger partial charge in [-0.1, -0.05) is 6.07 Å². The van der Waals surface area contributed by atoms with Crippen LogP contribution in [0.5, 0.6) is 5.75 Å². The van der Waals surface area contributed by atoms with Gasteiger partial charge in [-0.3, -0.25) is 4.57 Å². The summed E-state index contributed by atoms with van der Waals surface area (Å²) >= 11 is 1.14. The van der Waals surface area contributed by atoms with Crippen LogP contribution < -0.4 is 4.80 Å². The van der Waals surface area contributed by atoms with Crippen LogP contribution >= 0.6 is 11.3 Å². The number of phenols is 1. The molecule has 0 bridgehead atoms. The Kier molecular flexibility index (Phi) is 4.01. The summed E-state index contributed by atoms with van der Waals surface area (Å²) < 4.78 is 42.9.